The molecule has 0 fully saturated rings. The van der Waals surface area contributed by atoms with E-state index in [2.05, 4.69) is 12.2 Å². The van der Waals surface area contributed by atoms with Crippen molar-refractivity contribution < 1.29 is 14.3 Å². The van der Waals surface area contributed by atoms with E-state index in [9.17, 15) is 4.79 Å². The van der Waals surface area contributed by atoms with Gasteiger partial charge >= 0.3 is 5.97 Å². The lowest BCUT2D eigenvalue weighted by atomic mass is 10.1. The van der Waals surface area contributed by atoms with Gasteiger partial charge in [-0.05, 0) is 13.0 Å². The van der Waals surface area contributed by atoms with Crippen LogP contribution in [0, 0.1) is 0 Å². The van der Waals surface area contributed by atoms with E-state index in [0.29, 0.717) is 6.61 Å². The average Bonchev–Trinajstić information content (AvgIpc) is 2.39. The largest absolute Gasteiger partial charge is 0.468 e. The summed E-state index contributed by atoms with van der Waals surface area (Å²) < 4.78 is 10.2. The van der Waals surface area contributed by atoms with Crippen molar-refractivity contribution in [3.05, 3.63) is 0 Å². The van der Waals surface area contributed by atoms with E-state index in [-0.39, 0.29) is 12.0 Å². The lowest BCUT2D eigenvalue weighted by Gasteiger charge is -2.15. The van der Waals surface area contributed by atoms with Gasteiger partial charge in [0.1, 0.15) is 6.04 Å². The van der Waals surface area contributed by atoms with Crippen LogP contribution in [0.1, 0.15) is 52.4 Å². The molecule has 0 aromatic rings. The Hall–Kier alpha value is -0.610. The molecule has 0 aromatic heterocycles. The number of rotatable bonds is 12. The van der Waals surface area contributed by atoms with Gasteiger partial charge in [0.25, 0.3) is 0 Å². The molecule has 0 amide bonds. The molecule has 0 bridgehead atoms. The maximum Gasteiger partial charge on any atom is 0.325 e. The molecular formula is C14H29NO3. The number of carbonyl (C=O) groups excluding carboxylic acids is 1. The summed E-state index contributed by atoms with van der Waals surface area (Å²) in [4.78, 5) is 11.4. The van der Waals surface area contributed by atoms with Gasteiger partial charge < -0.3 is 14.8 Å². The Labute approximate surface area is 111 Å². The SMILES string of the molecule is CCCCCCCCOCC(NCC)C(=O)OC. The van der Waals surface area contributed by atoms with Crippen molar-refractivity contribution in [3.63, 3.8) is 0 Å². The highest BCUT2D eigenvalue weighted by atomic mass is 16.5. The molecule has 4 heteroatoms. The maximum atomic E-state index is 11.4. The Morgan fingerprint density at radius 3 is 2.39 bits per heavy atom. The van der Waals surface area contributed by atoms with Crippen molar-refractivity contribution in [3.8, 4) is 0 Å². The second kappa shape index (κ2) is 12.8. The quantitative estimate of drug-likeness (QED) is 0.432. The van der Waals surface area contributed by atoms with Crippen molar-refractivity contribution >= 4 is 5.97 Å². The summed E-state index contributed by atoms with van der Waals surface area (Å²) >= 11 is 0. The van der Waals surface area contributed by atoms with Crippen LogP contribution in [0.3, 0.4) is 0 Å². The summed E-state index contributed by atoms with van der Waals surface area (Å²) in [6.07, 6.45) is 7.49. The highest BCUT2D eigenvalue weighted by Crippen LogP contribution is 2.05. The minimum atomic E-state index is -0.333. The van der Waals surface area contributed by atoms with Gasteiger partial charge in [-0.2, -0.15) is 0 Å². The molecule has 1 unspecified atom stereocenters. The fourth-order valence-electron chi connectivity index (χ4n) is 1.78. The second-order valence-corrected chi connectivity index (χ2v) is 4.48. The zero-order chi connectivity index (χ0) is 13.6. The summed E-state index contributed by atoms with van der Waals surface area (Å²) in [6, 6.07) is -0.333. The van der Waals surface area contributed by atoms with E-state index >= 15 is 0 Å². The Morgan fingerprint density at radius 1 is 1.11 bits per heavy atom. The molecule has 0 saturated carbocycles. The standard InChI is InChI=1S/C14H29NO3/c1-4-6-7-8-9-10-11-18-12-13(15-5-2)14(16)17-3/h13,15H,4-12H2,1-3H3. The lowest BCUT2D eigenvalue weighted by Crippen LogP contribution is -2.41. The number of nitrogens with one attached hydrogen (secondary N) is 1. The predicted octanol–water partition coefficient (Wildman–Crippen LogP) is 2.51. The molecule has 0 saturated heterocycles. The van der Waals surface area contributed by atoms with E-state index in [1.165, 1.54) is 39.2 Å². The van der Waals surface area contributed by atoms with Gasteiger partial charge in [0, 0.05) is 6.61 Å². The number of likely N-dealkylation sites (N-methyl/N-ethyl adjacent to an activating group) is 1. The topological polar surface area (TPSA) is 47.6 Å². The number of esters is 1. The Kier molecular flexibility index (Phi) is 12.4. The van der Waals surface area contributed by atoms with Crippen LogP contribution in [-0.4, -0.2) is 38.9 Å². The number of hydrogen-bond acceptors (Lipinski definition) is 4. The third kappa shape index (κ3) is 9.42. The van der Waals surface area contributed by atoms with Crippen LogP contribution in [-0.2, 0) is 14.3 Å². The molecule has 0 heterocycles. The van der Waals surface area contributed by atoms with Crippen molar-refractivity contribution in [1.29, 1.82) is 0 Å². The van der Waals surface area contributed by atoms with Crippen molar-refractivity contribution in [1.82, 2.24) is 5.32 Å². The normalized spacial score (nSPS) is 12.4. The minimum Gasteiger partial charge on any atom is -0.468 e. The van der Waals surface area contributed by atoms with Gasteiger partial charge in [-0.3, -0.25) is 4.79 Å². The van der Waals surface area contributed by atoms with E-state index in [4.69, 9.17) is 9.47 Å². The lowest BCUT2D eigenvalue weighted by molar-refractivity contribution is -0.144. The highest BCUT2D eigenvalue weighted by molar-refractivity contribution is 5.75. The van der Waals surface area contributed by atoms with E-state index in [0.717, 1.165) is 19.6 Å². The monoisotopic (exact) mass is 259 g/mol. The molecule has 0 aliphatic carbocycles. The van der Waals surface area contributed by atoms with Crippen LogP contribution >= 0.6 is 0 Å². The molecule has 0 rings (SSSR count). The molecular weight excluding hydrogens is 230 g/mol. The van der Waals surface area contributed by atoms with E-state index in [1.807, 2.05) is 6.92 Å². The summed E-state index contributed by atoms with van der Waals surface area (Å²) in [5.41, 5.74) is 0. The molecule has 0 aliphatic rings. The first kappa shape index (κ1) is 17.4. The Balaban J connectivity index is 3.46. The summed E-state index contributed by atoms with van der Waals surface area (Å²) in [5.74, 6) is -0.250. The number of hydrogen-bond donors (Lipinski definition) is 1. The highest BCUT2D eigenvalue weighted by Gasteiger charge is 2.17. The molecule has 0 radical (unpaired) electrons. The van der Waals surface area contributed by atoms with Crippen LogP contribution in [0.5, 0.6) is 0 Å². The molecule has 18 heavy (non-hydrogen) atoms. The predicted molar refractivity (Wildman–Crippen MR) is 73.7 cm³/mol. The Bertz CT molecular complexity index is 197. The van der Waals surface area contributed by atoms with Crippen molar-refractivity contribution in [2.75, 3.05) is 26.9 Å². The molecule has 4 nitrogen and oxygen atoms in total. The van der Waals surface area contributed by atoms with E-state index < -0.39 is 0 Å². The van der Waals surface area contributed by atoms with Gasteiger partial charge in [0.15, 0.2) is 0 Å². The van der Waals surface area contributed by atoms with Crippen LogP contribution < -0.4 is 5.32 Å². The summed E-state index contributed by atoms with van der Waals surface area (Å²) in [6.45, 7) is 6.04. The molecule has 1 atom stereocenters. The van der Waals surface area contributed by atoms with Gasteiger partial charge in [0.05, 0.1) is 13.7 Å². The number of unbranched alkanes of at least 4 members (excludes halogenated alkanes) is 5. The molecule has 108 valence electrons. The van der Waals surface area contributed by atoms with Gasteiger partial charge in [-0.25, -0.2) is 0 Å². The third-order valence-electron chi connectivity index (χ3n) is 2.86. The smallest absolute Gasteiger partial charge is 0.325 e. The average molecular weight is 259 g/mol. The molecule has 0 spiro atoms. The number of carbonyl (C=O) groups is 1. The van der Waals surface area contributed by atoms with Crippen LogP contribution in [0.2, 0.25) is 0 Å². The first-order valence-electron chi connectivity index (χ1n) is 7.15. The zero-order valence-electron chi connectivity index (χ0n) is 12.2. The summed E-state index contributed by atoms with van der Waals surface area (Å²) in [5, 5.41) is 3.05. The second-order valence-electron chi connectivity index (χ2n) is 4.48. The summed E-state index contributed by atoms with van der Waals surface area (Å²) in [7, 11) is 1.40. The van der Waals surface area contributed by atoms with Gasteiger partial charge in [0.2, 0.25) is 0 Å². The molecule has 1 N–H and O–H groups in total. The third-order valence-corrected chi connectivity index (χ3v) is 2.86. The van der Waals surface area contributed by atoms with Crippen LogP contribution in [0.25, 0.3) is 0 Å². The first-order chi connectivity index (χ1) is 8.76. The molecule has 0 aliphatic heterocycles. The van der Waals surface area contributed by atoms with E-state index in [1.54, 1.807) is 0 Å². The zero-order valence-corrected chi connectivity index (χ0v) is 12.2. The molecule has 0 aromatic carbocycles. The fraction of sp³-hybridized carbons (Fsp3) is 0.929. The van der Waals surface area contributed by atoms with Crippen molar-refractivity contribution in [2.45, 2.75) is 58.4 Å². The van der Waals surface area contributed by atoms with Crippen LogP contribution in [0.15, 0.2) is 0 Å². The number of methoxy groups -OCH3 is 1. The van der Waals surface area contributed by atoms with Crippen molar-refractivity contribution in [2.24, 2.45) is 0 Å². The van der Waals surface area contributed by atoms with Crippen LogP contribution in [0.4, 0.5) is 0 Å². The maximum absolute atomic E-state index is 11.4. The number of ether oxygens (including phenoxy) is 2. The minimum absolute atomic E-state index is 0.250. The Morgan fingerprint density at radius 2 is 1.78 bits per heavy atom. The van der Waals surface area contributed by atoms with Gasteiger partial charge in [-0.15, -0.1) is 0 Å². The first-order valence-corrected chi connectivity index (χ1v) is 7.15. The fourth-order valence-corrected chi connectivity index (χ4v) is 1.78. The van der Waals surface area contributed by atoms with Gasteiger partial charge in [-0.1, -0.05) is 46.0 Å².